The summed E-state index contributed by atoms with van der Waals surface area (Å²) in [5, 5.41) is 11.8. The second-order valence-corrected chi connectivity index (χ2v) is 8.37. The van der Waals surface area contributed by atoms with E-state index in [0.29, 0.717) is 18.7 Å². The number of anilines is 1. The van der Waals surface area contributed by atoms with E-state index < -0.39 is 21.5 Å². The van der Waals surface area contributed by atoms with Gasteiger partial charge in [0, 0.05) is 12.1 Å². The third kappa shape index (κ3) is 3.95. The van der Waals surface area contributed by atoms with Gasteiger partial charge < -0.3 is 5.32 Å². The maximum absolute atomic E-state index is 12.3. The highest BCUT2D eigenvalue weighted by Crippen LogP contribution is 2.31. The van der Waals surface area contributed by atoms with Crippen LogP contribution in [0.3, 0.4) is 0 Å². The minimum absolute atomic E-state index is 0.0707. The van der Waals surface area contributed by atoms with Gasteiger partial charge in [-0.1, -0.05) is 11.6 Å². The summed E-state index contributed by atoms with van der Waals surface area (Å²) in [7, 11) is -3.42. The van der Waals surface area contributed by atoms with E-state index >= 15 is 0 Å². The second kappa shape index (κ2) is 6.38. The summed E-state index contributed by atoms with van der Waals surface area (Å²) >= 11 is 6.13. The Morgan fingerprint density at radius 3 is 2.70 bits per heavy atom. The van der Waals surface area contributed by atoms with E-state index in [4.69, 9.17) is 16.9 Å². The molecule has 0 radical (unpaired) electrons. The van der Waals surface area contributed by atoms with Crippen LogP contribution in [0.2, 0.25) is 5.02 Å². The zero-order valence-electron chi connectivity index (χ0n) is 13.0. The Kier molecular flexibility index (Phi) is 4.87. The minimum atomic E-state index is -3.42. The smallest absolute Gasteiger partial charge is 0.252 e. The van der Waals surface area contributed by atoms with Gasteiger partial charge in [0.2, 0.25) is 10.0 Å². The lowest BCUT2D eigenvalue weighted by Gasteiger charge is -2.29. The van der Waals surface area contributed by atoms with Crippen molar-refractivity contribution in [2.45, 2.75) is 32.2 Å². The Labute approximate surface area is 141 Å². The number of sulfonamides is 1. The Morgan fingerprint density at radius 1 is 1.39 bits per heavy atom. The number of nitrogens with zero attached hydrogens (tertiary/aromatic N) is 2. The molecular formula is C15H18ClN3O3S. The van der Waals surface area contributed by atoms with E-state index in [1.54, 1.807) is 13.8 Å². The molecule has 0 atom stereocenters. The van der Waals surface area contributed by atoms with Gasteiger partial charge in [-0.15, -0.1) is 0 Å². The number of carbonyl (C=O) groups excluding carboxylic acids is 1. The van der Waals surface area contributed by atoms with E-state index in [1.165, 1.54) is 22.5 Å². The summed E-state index contributed by atoms with van der Waals surface area (Å²) in [4.78, 5) is 12.3. The zero-order chi connectivity index (χ0) is 17.3. The molecule has 1 amide bonds. The lowest BCUT2D eigenvalue weighted by Crippen LogP contribution is -2.42. The number of carbonyl (C=O) groups is 1. The van der Waals surface area contributed by atoms with Crippen LogP contribution >= 0.6 is 11.6 Å². The quantitative estimate of drug-likeness (QED) is 0.900. The molecule has 1 saturated heterocycles. The second-order valence-electron chi connectivity index (χ2n) is 5.95. The van der Waals surface area contributed by atoms with Crippen LogP contribution in [0.4, 0.5) is 5.69 Å². The predicted molar refractivity (Wildman–Crippen MR) is 89.0 cm³/mol. The van der Waals surface area contributed by atoms with Crippen molar-refractivity contribution in [2.75, 3.05) is 16.6 Å². The van der Waals surface area contributed by atoms with Crippen molar-refractivity contribution in [3.63, 3.8) is 0 Å². The van der Waals surface area contributed by atoms with Crippen molar-refractivity contribution >= 4 is 33.2 Å². The first-order valence-corrected chi connectivity index (χ1v) is 9.19. The van der Waals surface area contributed by atoms with Gasteiger partial charge in [-0.25, -0.2) is 8.42 Å². The highest BCUT2D eigenvalue weighted by molar-refractivity contribution is 7.92. The minimum Gasteiger partial charge on any atom is -0.334 e. The third-order valence-corrected chi connectivity index (χ3v) is 5.71. The molecular weight excluding hydrogens is 338 g/mol. The summed E-state index contributed by atoms with van der Waals surface area (Å²) in [5.74, 6) is -0.384. The standard InChI is InChI=1S/C15H18ClN3O3S/c1-15(2,10-17)18-14(20)11-5-6-12(16)13(9-11)19-7-3-4-8-23(19,21)22/h5-6,9H,3-4,7-8H2,1-2H3,(H,18,20). The molecule has 0 aromatic heterocycles. The van der Waals surface area contributed by atoms with Crippen LogP contribution < -0.4 is 9.62 Å². The van der Waals surface area contributed by atoms with Crippen LogP contribution in [-0.2, 0) is 10.0 Å². The molecule has 1 aromatic rings. The number of hydrogen-bond donors (Lipinski definition) is 1. The number of amides is 1. The highest BCUT2D eigenvalue weighted by Gasteiger charge is 2.28. The lowest BCUT2D eigenvalue weighted by molar-refractivity contribution is 0.0929. The van der Waals surface area contributed by atoms with Crippen molar-refractivity contribution in [3.05, 3.63) is 28.8 Å². The Morgan fingerprint density at radius 2 is 2.09 bits per heavy atom. The van der Waals surface area contributed by atoms with E-state index in [9.17, 15) is 13.2 Å². The molecule has 1 N–H and O–H groups in total. The van der Waals surface area contributed by atoms with Crippen LogP contribution in [0, 0.1) is 11.3 Å². The van der Waals surface area contributed by atoms with Crippen molar-refractivity contribution in [2.24, 2.45) is 0 Å². The van der Waals surface area contributed by atoms with Gasteiger partial charge in [0.1, 0.15) is 5.54 Å². The molecule has 2 rings (SSSR count). The molecule has 0 aliphatic carbocycles. The summed E-state index contributed by atoms with van der Waals surface area (Å²) in [5.41, 5.74) is -0.462. The molecule has 1 heterocycles. The van der Waals surface area contributed by atoms with Gasteiger partial charge in [-0.05, 0) is 44.9 Å². The van der Waals surface area contributed by atoms with Gasteiger partial charge in [0.25, 0.3) is 5.91 Å². The van der Waals surface area contributed by atoms with Crippen LogP contribution in [0.15, 0.2) is 18.2 Å². The fraction of sp³-hybridized carbons (Fsp3) is 0.467. The van der Waals surface area contributed by atoms with Crippen molar-refractivity contribution in [1.29, 1.82) is 5.26 Å². The zero-order valence-corrected chi connectivity index (χ0v) is 14.5. The lowest BCUT2D eigenvalue weighted by atomic mass is 10.1. The summed E-state index contributed by atoms with van der Waals surface area (Å²) in [6, 6.07) is 6.43. The molecule has 8 heteroatoms. The van der Waals surface area contributed by atoms with Gasteiger partial charge in [-0.3, -0.25) is 9.10 Å². The van der Waals surface area contributed by atoms with E-state index in [2.05, 4.69) is 5.32 Å². The molecule has 1 aliphatic rings. The maximum Gasteiger partial charge on any atom is 0.252 e. The van der Waals surface area contributed by atoms with Gasteiger partial charge in [0.05, 0.1) is 22.5 Å². The Balaban J connectivity index is 2.37. The first-order valence-electron chi connectivity index (χ1n) is 7.20. The van der Waals surface area contributed by atoms with Crippen LogP contribution in [0.25, 0.3) is 0 Å². The van der Waals surface area contributed by atoms with Crippen LogP contribution in [0.5, 0.6) is 0 Å². The van der Waals surface area contributed by atoms with Gasteiger partial charge in [-0.2, -0.15) is 5.26 Å². The fourth-order valence-corrected chi connectivity index (χ4v) is 4.21. The molecule has 1 aromatic carbocycles. The molecule has 124 valence electrons. The maximum atomic E-state index is 12.3. The van der Waals surface area contributed by atoms with Crippen molar-refractivity contribution < 1.29 is 13.2 Å². The SMILES string of the molecule is CC(C)(C#N)NC(=O)c1ccc(Cl)c(N2CCCCS2(=O)=O)c1. The Bertz CT molecular complexity index is 769. The normalized spacial score (nSPS) is 17.4. The molecule has 1 aliphatic heterocycles. The van der Waals surface area contributed by atoms with Crippen molar-refractivity contribution in [1.82, 2.24) is 5.32 Å². The number of benzene rings is 1. The molecule has 0 bridgehead atoms. The number of nitriles is 1. The van der Waals surface area contributed by atoms with E-state index in [0.717, 1.165) is 6.42 Å². The fourth-order valence-electron chi connectivity index (χ4n) is 2.29. The number of hydrogen-bond acceptors (Lipinski definition) is 4. The van der Waals surface area contributed by atoms with E-state index in [-0.39, 0.29) is 16.3 Å². The molecule has 0 saturated carbocycles. The van der Waals surface area contributed by atoms with Crippen molar-refractivity contribution in [3.8, 4) is 6.07 Å². The Hall–Kier alpha value is -1.78. The summed E-state index contributed by atoms with van der Waals surface area (Å²) < 4.78 is 25.7. The first-order chi connectivity index (χ1) is 10.7. The highest BCUT2D eigenvalue weighted by atomic mass is 35.5. The average molecular weight is 356 g/mol. The summed E-state index contributed by atoms with van der Waals surface area (Å²) in [6.07, 6.45) is 1.36. The molecule has 1 fully saturated rings. The van der Waals surface area contributed by atoms with Crippen LogP contribution in [0.1, 0.15) is 37.0 Å². The summed E-state index contributed by atoms with van der Waals surface area (Å²) in [6.45, 7) is 3.50. The van der Waals surface area contributed by atoms with Gasteiger partial charge >= 0.3 is 0 Å². The van der Waals surface area contributed by atoms with E-state index in [1.807, 2.05) is 6.07 Å². The molecule has 0 unspecified atom stereocenters. The molecule has 6 nitrogen and oxygen atoms in total. The largest absolute Gasteiger partial charge is 0.334 e. The van der Waals surface area contributed by atoms with Gasteiger partial charge in [0.15, 0.2) is 0 Å². The molecule has 0 spiro atoms. The topological polar surface area (TPSA) is 90.3 Å². The number of halogens is 1. The number of rotatable bonds is 3. The predicted octanol–water partition coefficient (Wildman–Crippen LogP) is 2.30. The molecule has 23 heavy (non-hydrogen) atoms. The van der Waals surface area contributed by atoms with Crippen LogP contribution in [-0.4, -0.2) is 32.2 Å². The number of nitrogens with one attached hydrogen (secondary N) is 1. The third-order valence-electron chi connectivity index (χ3n) is 3.53. The monoisotopic (exact) mass is 355 g/mol. The first kappa shape index (κ1) is 17.6. The average Bonchev–Trinajstić information content (AvgIpc) is 2.47.